The Morgan fingerprint density at radius 1 is 0.491 bits per heavy atom. The minimum Gasteiger partial charge on any atom is -0.282 e. The molecule has 0 saturated heterocycles. The number of aliphatic imine (C=N–C) groups is 1. The third kappa shape index (κ3) is 5.89. The van der Waals surface area contributed by atoms with Crippen LogP contribution in [0.15, 0.2) is 187 Å². The zero-order chi connectivity index (χ0) is 35.9. The lowest BCUT2D eigenvalue weighted by Crippen LogP contribution is -2.14. The van der Waals surface area contributed by atoms with Gasteiger partial charge in [0, 0.05) is 16.5 Å². The molecule has 0 fully saturated rings. The Morgan fingerprint density at radius 2 is 1.17 bits per heavy atom. The molecule has 1 aliphatic rings. The molecule has 0 amide bonds. The van der Waals surface area contributed by atoms with Crippen LogP contribution >= 0.6 is 0 Å². The summed E-state index contributed by atoms with van der Waals surface area (Å²) in [5.41, 5.74) is 13.6. The van der Waals surface area contributed by atoms with Gasteiger partial charge in [0.1, 0.15) is 0 Å². The fraction of sp³-hybridized carbons (Fsp3) is 0.0588. The predicted octanol–water partition coefficient (Wildman–Crippen LogP) is 13.2. The van der Waals surface area contributed by atoms with E-state index >= 15 is 0 Å². The van der Waals surface area contributed by atoms with Gasteiger partial charge in [0.05, 0.1) is 5.71 Å². The van der Waals surface area contributed by atoms with Gasteiger partial charge in [-0.2, -0.15) is 0 Å². The summed E-state index contributed by atoms with van der Waals surface area (Å²) in [7, 11) is 0. The third-order valence-electron chi connectivity index (χ3n) is 10.8. The van der Waals surface area contributed by atoms with Crippen molar-refractivity contribution >= 4 is 39.2 Å². The number of hydrogen-bond acceptors (Lipinski definition) is 1. The number of allylic oxidation sites excluding steroid dienone is 1. The number of fused-ring (bicyclic) bond motifs is 5. The van der Waals surface area contributed by atoms with E-state index in [4.69, 9.17) is 10.4 Å². The fourth-order valence-electron chi connectivity index (χ4n) is 7.98. The summed E-state index contributed by atoms with van der Waals surface area (Å²) in [6.07, 6.45) is 4.21. The van der Waals surface area contributed by atoms with Crippen LogP contribution in [0.4, 0.5) is 0 Å². The third-order valence-corrected chi connectivity index (χ3v) is 10.8. The molecule has 1 N–H and O–H groups in total. The normalized spacial score (nSPS) is 13.4. The van der Waals surface area contributed by atoms with Gasteiger partial charge in [-0.15, -0.1) is 0 Å². The van der Waals surface area contributed by atoms with E-state index in [0.717, 1.165) is 33.5 Å². The van der Waals surface area contributed by atoms with Gasteiger partial charge in [-0.25, -0.2) is 4.99 Å². The first-order chi connectivity index (χ1) is 25.9. The Bertz CT molecular complexity index is 2770. The van der Waals surface area contributed by atoms with Gasteiger partial charge in [-0.1, -0.05) is 178 Å². The monoisotopic (exact) mass is 678 g/mol. The minimum atomic E-state index is -0.0215. The van der Waals surface area contributed by atoms with E-state index in [2.05, 4.69) is 172 Å². The molecule has 8 aromatic carbocycles. The van der Waals surface area contributed by atoms with E-state index in [9.17, 15) is 0 Å². The standard InChI is InChI=1S/C51H38N2/c1-51(2)47-22-11-10-21-45(47)46-33-40(26-29-48(46)51)43-28-25-35(42-19-8-9-20-44(42)43)27-30-49(53-50(52)36-14-4-3-5-15-36)41-18-12-17-38(32-41)39-24-23-34-13-6-7-16-37(34)31-39/h3-33,52H,1-2H3/b30-27+,52-50?,53-49?. The van der Waals surface area contributed by atoms with E-state index in [0.29, 0.717) is 0 Å². The van der Waals surface area contributed by atoms with Crippen LogP contribution in [0, 0.1) is 5.41 Å². The van der Waals surface area contributed by atoms with Gasteiger partial charge in [0.25, 0.3) is 0 Å². The highest BCUT2D eigenvalue weighted by Gasteiger charge is 2.35. The highest BCUT2D eigenvalue weighted by molar-refractivity contribution is 6.18. The second kappa shape index (κ2) is 13.2. The summed E-state index contributed by atoms with van der Waals surface area (Å²) < 4.78 is 0. The molecule has 1 aliphatic carbocycles. The molecule has 0 atom stereocenters. The molecule has 0 saturated carbocycles. The summed E-state index contributed by atoms with van der Waals surface area (Å²) >= 11 is 0. The lowest BCUT2D eigenvalue weighted by atomic mass is 9.82. The van der Waals surface area contributed by atoms with Gasteiger partial charge in [-0.3, -0.25) is 5.41 Å². The van der Waals surface area contributed by atoms with E-state index in [1.54, 1.807) is 0 Å². The molecule has 0 spiro atoms. The van der Waals surface area contributed by atoms with E-state index in [1.165, 1.54) is 54.9 Å². The zero-order valence-corrected chi connectivity index (χ0v) is 29.8. The summed E-state index contributed by atoms with van der Waals surface area (Å²) in [4.78, 5) is 4.94. The molecule has 0 aromatic heterocycles. The second-order valence-corrected chi connectivity index (χ2v) is 14.4. The van der Waals surface area contributed by atoms with Crippen LogP contribution in [0.25, 0.3) is 61.0 Å². The number of hydrogen-bond donors (Lipinski definition) is 1. The van der Waals surface area contributed by atoms with Crippen LogP contribution in [-0.2, 0) is 5.41 Å². The number of rotatable bonds is 6. The maximum atomic E-state index is 8.96. The van der Waals surface area contributed by atoms with Crippen molar-refractivity contribution in [2.24, 2.45) is 4.99 Å². The van der Waals surface area contributed by atoms with Crippen LogP contribution in [0.5, 0.6) is 0 Å². The maximum Gasteiger partial charge on any atom is 0.152 e. The van der Waals surface area contributed by atoms with Gasteiger partial charge in [0.2, 0.25) is 0 Å². The molecule has 0 aliphatic heterocycles. The summed E-state index contributed by atoms with van der Waals surface area (Å²) in [6, 6.07) is 62.2. The van der Waals surface area contributed by atoms with Gasteiger partial charge < -0.3 is 0 Å². The second-order valence-electron chi connectivity index (χ2n) is 14.4. The maximum absolute atomic E-state index is 8.96. The van der Waals surface area contributed by atoms with Gasteiger partial charge >= 0.3 is 0 Å². The lowest BCUT2D eigenvalue weighted by molar-refractivity contribution is 0.660. The summed E-state index contributed by atoms with van der Waals surface area (Å²) in [5, 5.41) is 13.8. The first-order valence-corrected chi connectivity index (χ1v) is 18.2. The van der Waals surface area contributed by atoms with E-state index in [1.807, 2.05) is 30.3 Å². The molecule has 8 aromatic rings. The molecular weight excluding hydrogens is 641 g/mol. The average Bonchev–Trinajstić information content (AvgIpc) is 3.44. The quantitative estimate of drug-likeness (QED) is 0.134. The van der Waals surface area contributed by atoms with E-state index < -0.39 is 0 Å². The van der Waals surface area contributed by atoms with Crippen molar-refractivity contribution in [3.63, 3.8) is 0 Å². The molecule has 9 rings (SSSR count). The fourth-order valence-corrected chi connectivity index (χ4v) is 7.98. The van der Waals surface area contributed by atoms with Crippen molar-refractivity contribution in [2.45, 2.75) is 19.3 Å². The molecule has 53 heavy (non-hydrogen) atoms. The number of benzene rings is 8. The molecule has 2 nitrogen and oxygen atoms in total. The SMILES string of the molecule is CC1(C)c2ccccc2-c2cc(-c3ccc(/C=C/C(=NC(=N)c4ccccc4)c4cccc(-c5ccc6ccccc6c5)c4)c4ccccc34)ccc21. The largest absolute Gasteiger partial charge is 0.282 e. The smallest absolute Gasteiger partial charge is 0.152 e. The Kier molecular flexibility index (Phi) is 8.01. The number of amidine groups is 1. The molecule has 2 heteroatoms. The first kappa shape index (κ1) is 32.3. The van der Waals surface area contributed by atoms with Crippen molar-refractivity contribution in [3.8, 4) is 33.4 Å². The minimum absolute atomic E-state index is 0.0215. The van der Waals surface area contributed by atoms with Gasteiger partial charge in [-0.05, 0) is 95.9 Å². The molecular formula is C51H38N2. The molecule has 0 bridgehead atoms. The molecule has 0 unspecified atom stereocenters. The highest BCUT2D eigenvalue weighted by Crippen LogP contribution is 2.49. The van der Waals surface area contributed by atoms with Crippen LogP contribution in [0.2, 0.25) is 0 Å². The highest BCUT2D eigenvalue weighted by atomic mass is 14.8. The number of nitrogens with zero attached hydrogens (tertiary/aromatic N) is 1. The van der Waals surface area contributed by atoms with Crippen LogP contribution in [0.3, 0.4) is 0 Å². The summed E-state index contributed by atoms with van der Waals surface area (Å²) in [5.74, 6) is 0.225. The Hall–Kier alpha value is -6.64. The molecule has 252 valence electrons. The van der Waals surface area contributed by atoms with E-state index in [-0.39, 0.29) is 11.3 Å². The van der Waals surface area contributed by atoms with Crippen molar-refractivity contribution in [1.29, 1.82) is 5.41 Å². The first-order valence-electron chi connectivity index (χ1n) is 18.2. The topological polar surface area (TPSA) is 36.2 Å². The average molecular weight is 679 g/mol. The molecule has 0 heterocycles. The van der Waals surface area contributed by atoms with Crippen molar-refractivity contribution < 1.29 is 0 Å². The Labute approximate surface area is 311 Å². The van der Waals surface area contributed by atoms with Gasteiger partial charge in [0.15, 0.2) is 5.84 Å². The van der Waals surface area contributed by atoms with Crippen LogP contribution in [0.1, 0.15) is 41.7 Å². The lowest BCUT2D eigenvalue weighted by Gasteiger charge is -2.21. The van der Waals surface area contributed by atoms with Crippen molar-refractivity contribution in [3.05, 3.63) is 210 Å². The zero-order valence-electron chi connectivity index (χ0n) is 29.8. The van der Waals surface area contributed by atoms with Crippen LogP contribution < -0.4 is 0 Å². The predicted molar refractivity (Wildman–Crippen MR) is 225 cm³/mol. The van der Waals surface area contributed by atoms with Crippen molar-refractivity contribution in [1.82, 2.24) is 0 Å². The Morgan fingerprint density at radius 3 is 2.04 bits per heavy atom. The summed E-state index contributed by atoms with van der Waals surface area (Å²) in [6.45, 7) is 4.65. The number of nitrogens with one attached hydrogen (secondary N) is 1. The van der Waals surface area contributed by atoms with Crippen LogP contribution in [-0.4, -0.2) is 11.5 Å². The molecule has 0 radical (unpaired) electrons. The van der Waals surface area contributed by atoms with Crippen molar-refractivity contribution in [2.75, 3.05) is 0 Å². The Balaban J connectivity index is 1.12.